The average Bonchev–Trinajstić information content (AvgIpc) is 2.91. The molecule has 128 valence electrons. The van der Waals surface area contributed by atoms with Crippen LogP contribution in [0.15, 0.2) is 52.3 Å². The van der Waals surface area contributed by atoms with Crippen LogP contribution in [0.4, 0.5) is 4.39 Å². The molecule has 25 heavy (non-hydrogen) atoms. The quantitative estimate of drug-likeness (QED) is 0.746. The van der Waals surface area contributed by atoms with Gasteiger partial charge in [-0.2, -0.15) is 5.10 Å². The van der Waals surface area contributed by atoms with Gasteiger partial charge in [0, 0.05) is 11.3 Å². The molecule has 5 nitrogen and oxygen atoms in total. The van der Waals surface area contributed by atoms with Crippen LogP contribution in [-0.2, 0) is 15.8 Å². The highest BCUT2D eigenvalue weighted by Crippen LogP contribution is 2.44. The summed E-state index contributed by atoms with van der Waals surface area (Å²) in [7, 11) is -3.74. The summed E-state index contributed by atoms with van der Waals surface area (Å²) in [5, 5.41) is 9.75. The maximum atomic E-state index is 13.6. The number of halogens is 1. The van der Waals surface area contributed by atoms with E-state index in [2.05, 4.69) is 5.10 Å². The zero-order valence-electron chi connectivity index (χ0n) is 13.2. The van der Waals surface area contributed by atoms with E-state index < -0.39 is 10.0 Å². The Kier molecular flexibility index (Phi) is 3.71. The molecule has 0 atom stereocenters. The number of primary sulfonamides is 1. The monoisotopic (exact) mass is 375 g/mol. The molecule has 2 N–H and O–H groups in total. The van der Waals surface area contributed by atoms with E-state index in [0.717, 1.165) is 33.1 Å². The van der Waals surface area contributed by atoms with Crippen LogP contribution < -0.4 is 5.14 Å². The molecule has 0 radical (unpaired) electrons. The van der Waals surface area contributed by atoms with Gasteiger partial charge >= 0.3 is 0 Å². The molecule has 3 aromatic rings. The van der Waals surface area contributed by atoms with Crippen LogP contribution in [0.25, 0.3) is 16.9 Å². The summed E-state index contributed by atoms with van der Waals surface area (Å²) in [6.45, 7) is 1.93. The summed E-state index contributed by atoms with van der Waals surface area (Å²) in [6.07, 6.45) is 0. The summed E-state index contributed by atoms with van der Waals surface area (Å²) in [5.41, 5.74) is 4.35. The fraction of sp³-hybridized carbons (Fsp3) is 0.118. The Morgan fingerprint density at radius 3 is 2.60 bits per heavy atom. The van der Waals surface area contributed by atoms with Gasteiger partial charge in [-0.05, 0) is 55.0 Å². The first-order valence-corrected chi connectivity index (χ1v) is 10.0. The molecule has 4 rings (SSSR count). The highest BCUT2D eigenvalue weighted by atomic mass is 32.2. The summed E-state index contributed by atoms with van der Waals surface area (Å²) in [4.78, 5) is 1.10. The number of aromatic nitrogens is 2. The van der Waals surface area contributed by atoms with Crippen molar-refractivity contribution in [3.63, 3.8) is 0 Å². The Balaban J connectivity index is 1.90. The number of nitrogens with two attached hydrogens (primary N) is 1. The van der Waals surface area contributed by atoms with Crippen LogP contribution in [0.2, 0.25) is 0 Å². The molecule has 0 fully saturated rings. The minimum Gasteiger partial charge on any atom is -0.232 e. The van der Waals surface area contributed by atoms with E-state index in [9.17, 15) is 12.8 Å². The smallest absolute Gasteiger partial charge is 0.232 e. The second-order valence-electron chi connectivity index (χ2n) is 5.80. The van der Waals surface area contributed by atoms with Crippen LogP contribution in [0, 0.1) is 12.7 Å². The van der Waals surface area contributed by atoms with Crippen LogP contribution in [0.3, 0.4) is 0 Å². The van der Waals surface area contributed by atoms with E-state index in [1.165, 1.54) is 18.2 Å². The summed E-state index contributed by atoms with van der Waals surface area (Å²) in [5.74, 6) is 0.430. The Morgan fingerprint density at radius 2 is 1.92 bits per heavy atom. The van der Waals surface area contributed by atoms with Crippen molar-refractivity contribution in [3.8, 4) is 16.9 Å². The van der Waals surface area contributed by atoms with Gasteiger partial charge < -0.3 is 0 Å². The molecule has 0 saturated carbocycles. The minimum atomic E-state index is -3.74. The first kappa shape index (κ1) is 16.3. The lowest BCUT2D eigenvalue weighted by Gasteiger charge is -2.18. The number of thioether (sulfide) groups is 1. The van der Waals surface area contributed by atoms with Gasteiger partial charge in [0.15, 0.2) is 0 Å². The molecule has 0 unspecified atom stereocenters. The SMILES string of the molecule is Cc1nn(-c2ccc(S(N)(=O)=O)cc2)c2c1SCc1cc(F)ccc1-2. The van der Waals surface area contributed by atoms with Crippen LogP contribution in [0.5, 0.6) is 0 Å². The van der Waals surface area contributed by atoms with Crippen molar-refractivity contribution >= 4 is 21.8 Å². The number of hydrogen-bond donors (Lipinski definition) is 1. The number of aryl methyl sites for hydroxylation is 1. The largest absolute Gasteiger partial charge is 0.238 e. The predicted octanol–water partition coefficient (Wildman–Crippen LogP) is 3.24. The van der Waals surface area contributed by atoms with Crippen LogP contribution >= 0.6 is 11.8 Å². The van der Waals surface area contributed by atoms with Crippen molar-refractivity contribution in [1.29, 1.82) is 0 Å². The van der Waals surface area contributed by atoms with E-state index >= 15 is 0 Å². The van der Waals surface area contributed by atoms with Crippen molar-refractivity contribution in [2.24, 2.45) is 5.14 Å². The van der Waals surface area contributed by atoms with E-state index in [4.69, 9.17) is 5.14 Å². The number of benzene rings is 2. The first-order chi connectivity index (χ1) is 11.8. The minimum absolute atomic E-state index is 0.0471. The Bertz CT molecular complexity index is 1090. The fourth-order valence-electron chi connectivity index (χ4n) is 2.95. The third-order valence-corrected chi connectivity index (χ3v) is 6.27. The maximum Gasteiger partial charge on any atom is 0.238 e. The van der Waals surface area contributed by atoms with Crippen LogP contribution in [0.1, 0.15) is 11.3 Å². The Morgan fingerprint density at radius 1 is 1.20 bits per heavy atom. The first-order valence-electron chi connectivity index (χ1n) is 7.49. The van der Waals surface area contributed by atoms with Crippen LogP contribution in [-0.4, -0.2) is 18.2 Å². The van der Waals surface area contributed by atoms with Gasteiger partial charge in [-0.1, -0.05) is 0 Å². The van der Waals surface area contributed by atoms with Gasteiger partial charge in [-0.25, -0.2) is 22.6 Å². The maximum absolute atomic E-state index is 13.6. The van der Waals surface area contributed by atoms with Gasteiger partial charge in [0.25, 0.3) is 0 Å². The lowest BCUT2D eigenvalue weighted by molar-refractivity contribution is 0.597. The summed E-state index contributed by atoms with van der Waals surface area (Å²) >= 11 is 1.62. The Hall–Kier alpha value is -2.16. The second kappa shape index (κ2) is 5.69. The van der Waals surface area contributed by atoms with Gasteiger partial charge in [0.2, 0.25) is 10.0 Å². The number of hydrogen-bond acceptors (Lipinski definition) is 4. The topological polar surface area (TPSA) is 78.0 Å². The highest BCUT2D eigenvalue weighted by molar-refractivity contribution is 7.98. The van der Waals surface area contributed by atoms with Gasteiger partial charge in [0.05, 0.1) is 26.9 Å². The van der Waals surface area contributed by atoms with Crippen molar-refractivity contribution in [3.05, 3.63) is 59.5 Å². The molecule has 0 saturated heterocycles. The van der Waals surface area contributed by atoms with E-state index in [1.807, 2.05) is 6.92 Å². The number of nitrogens with zero attached hydrogens (tertiary/aromatic N) is 2. The molecule has 0 aliphatic carbocycles. The molecule has 1 aromatic heterocycles. The summed E-state index contributed by atoms with van der Waals surface area (Å²) in [6, 6.07) is 11.0. The fourth-order valence-corrected chi connectivity index (χ4v) is 4.59. The van der Waals surface area contributed by atoms with Gasteiger partial charge in [-0.3, -0.25) is 0 Å². The number of fused-ring (bicyclic) bond motifs is 3. The average molecular weight is 375 g/mol. The third kappa shape index (κ3) is 2.76. The Labute approximate surface area is 148 Å². The van der Waals surface area contributed by atoms with E-state index in [0.29, 0.717) is 5.75 Å². The number of rotatable bonds is 2. The van der Waals surface area contributed by atoms with E-state index in [-0.39, 0.29) is 10.7 Å². The van der Waals surface area contributed by atoms with E-state index in [1.54, 1.807) is 40.7 Å². The van der Waals surface area contributed by atoms with Crippen molar-refractivity contribution in [2.75, 3.05) is 0 Å². The predicted molar refractivity (Wildman–Crippen MR) is 94.6 cm³/mol. The molecular weight excluding hydrogens is 361 g/mol. The molecule has 8 heteroatoms. The second-order valence-corrected chi connectivity index (χ2v) is 8.35. The van der Waals surface area contributed by atoms with Gasteiger partial charge in [-0.15, -0.1) is 11.8 Å². The lowest BCUT2D eigenvalue weighted by Crippen LogP contribution is -2.12. The standard InChI is InChI=1S/C17H14FN3O2S2/c1-10-17-16(15-7-2-12(18)8-11(15)9-24-17)21(20-10)13-3-5-14(6-4-13)25(19,22)23/h2-8H,9H2,1H3,(H2,19,22,23). The molecule has 1 aliphatic heterocycles. The third-order valence-electron chi connectivity index (χ3n) is 4.11. The molecule has 2 aromatic carbocycles. The zero-order valence-corrected chi connectivity index (χ0v) is 14.9. The molecule has 0 bridgehead atoms. The van der Waals surface area contributed by atoms with Crippen molar-refractivity contribution in [2.45, 2.75) is 22.5 Å². The number of sulfonamides is 1. The molecule has 2 heterocycles. The normalized spacial score (nSPS) is 13.4. The molecule has 0 spiro atoms. The lowest BCUT2D eigenvalue weighted by atomic mass is 10.0. The zero-order chi connectivity index (χ0) is 17.8. The molecule has 1 aliphatic rings. The summed E-state index contributed by atoms with van der Waals surface area (Å²) < 4.78 is 38.2. The van der Waals surface area contributed by atoms with Gasteiger partial charge in [0.1, 0.15) is 5.82 Å². The highest BCUT2D eigenvalue weighted by Gasteiger charge is 2.25. The molecular formula is C17H14FN3O2S2. The van der Waals surface area contributed by atoms with Crippen molar-refractivity contribution in [1.82, 2.24) is 9.78 Å². The van der Waals surface area contributed by atoms with Crippen molar-refractivity contribution < 1.29 is 12.8 Å². The molecule has 0 amide bonds.